The molecule has 4 nitrogen and oxygen atoms in total. The van der Waals surface area contributed by atoms with Crippen LogP contribution in [0.4, 0.5) is 4.39 Å². The second-order valence-electron chi connectivity index (χ2n) is 3.59. The third-order valence-corrected chi connectivity index (χ3v) is 2.30. The van der Waals surface area contributed by atoms with Crippen LogP contribution in [0.2, 0.25) is 0 Å². The van der Waals surface area contributed by atoms with E-state index in [2.05, 4.69) is 5.32 Å². The molecule has 0 aliphatic heterocycles. The first-order valence-electron chi connectivity index (χ1n) is 5.55. The van der Waals surface area contributed by atoms with Gasteiger partial charge in [0.1, 0.15) is 6.10 Å². The first-order chi connectivity index (χ1) is 8.17. The summed E-state index contributed by atoms with van der Waals surface area (Å²) in [5.74, 6) is -0.460. The molecule has 0 bridgehead atoms. The highest BCUT2D eigenvalue weighted by Crippen LogP contribution is 2.17. The molecule has 1 unspecified atom stereocenters. The van der Waals surface area contributed by atoms with Crippen LogP contribution >= 0.6 is 0 Å². The van der Waals surface area contributed by atoms with Crippen LogP contribution in [0.15, 0.2) is 24.3 Å². The predicted octanol–water partition coefficient (Wildman–Crippen LogP) is 1.06. The van der Waals surface area contributed by atoms with Crippen molar-refractivity contribution in [2.75, 3.05) is 13.1 Å². The monoisotopic (exact) mass is 240 g/mol. The normalized spacial score (nSPS) is 11.9. The van der Waals surface area contributed by atoms with Gasteiger partial charge in [0.05, 0.1) is 13.1 Å². The summed E-state index contributed by atoms with van der Waals surface area (Å²) >= 11 is 0. The largest absolute Gasteiger partial charge is 0.486 e. The van der Waals surface area contributed by atoms with Crippen LogP contribution in [0.5, 0.6) is 5.75 Å². The van der Waals surface area contributed by atoms with E-state index < -0.39 is 5.82 Å². The molecule has 94 valence electrons. The molecule has 0 saturated heterocycles. The van der Waals surface area contributed by atoms with Crippen molar-refractivity contribution in [1.29, 1.82) is 0 Å². The zero-order valence-corrected chi connectivity index (χ0v) is 9.78. The Balaban J connectivity index is 2.52. The fraction of sp³-hybridized carbons (Fsp3) is 0.417. The van der Waals surface area contributed by atoms with Gasteiger partial charge in [0.15, 0.2) is 11.6 Å². The molecule has 1 atom stereocenters. The van der Waals surface area contributed by atoms with Gasteiger partial charge >= 0.3 is 0 Å². The highest BCUT2D eigenvalue weighted by molar-refractivity contribution is 5.77. The van der Waals surface area contributed by atoms with Crippen molar-refractivity contribution in [3.8, 4) is 5.75 Å². The lowest BCUT2D eigenvalue weighted by Crippen LogP contribution is -2.38. The molecule has 1 amide bonds. The standard InChI is InChI=1S/C12H17FN2O2/c1-2-9(8-15-12(16)7-14)17-11-6-4-3-5-10(11)13/h3-6,9H,2,7-8,14H2,1H3,(H,15,16). The molecule has 0 saturated carbocycles. The summed E-state index contributed by atoms with van der Waals surface area (Å²) in [6.45, 7) is 2.16. The number of carbonyl (C=O) groups is 1. The van der Waals surface area contributed by atoms with Crippen molar-refractivity contribution in [2.24, 2.45) is 5.73 Å². The van der Waals surface area contributed by atoms with Crippen molar-refractivity contribution in [3.05, 3.63) is 30.1 Å². The molecule has 0 spiro atoms. The van der Waals surface area contributed by atoms with E-state index in [0.29, 0.717) is 13.0 Å². The summed E-state index contributed by atoms with van der Waals surface area (Å²) in [5.41, 5.74) is 5.16. The quantitative estimate of drug-likeness (QED) is 0.781. The van der Waals surface area contributed by atoms with Gasteiger partial charge in [-0.3, -0.25) is 4.79 Å². The highest BCUT2D eigenvalue weighted by atomic mass is 19.1. The van der Waals surface area contributed by atoms with E-state index in [1.165, 1.54) is 6.07 Å². The molecule has 5 heteroatoms. The van der Waals surface area contributed by atoms with E-state index in [0.717, 1.165) is 0 Å². The zero-order chi connectivity index (χ0) is 12.7. The molecule has 1 aromatic rings. The van der Waals surface area contributed by atoms with Gasteiger partial charge < -0.3 is 15.8 Å². The number of nitrogens with one attached hydrogen (secondary N) is 1. The Labute approximate surface area is 100.0 Å². The summed E-state index contributed by atoms with van der Waals surface area (Å²) in [4.78, 5) is 11.0. The number of hydrogen-bond donors (Lipinski definition) is 2. The average Bonchev–Trinajstić information content (AvgIpc) is 2.36. The molecular weight excluding hydrogens is 223 g/mol. The first kappa shape index (κ1) is 13.4. The molecule has 17 heavy (non-hydrogen) atoms. The van der Waals surface area contributed by atoms with Gasteiger partial charge in [0, 0.05) is 0 Å². The molecular formula is C12H17FN2O2. The molecule has 0 heterocycles. The predicted molar refractivity (Wildman–Crippen MR) is 63.2 cm³/mol. The highest BCUT2D eigenvalue weighted by Gasteiger charge is 2.11. The maximum absolute atomic E-state index is 13.3. The Morgan fingerprint density at radius 1 is 1.53 bits per heavy atom. The van der Waals surface area contributed by atoms with E-state index in [9.17, 15) is 9.18 Å². The minimum Gasteiger partial charge on any atom is -0.486 e. The second kappa shape index (κ2) is 6.85. The molecule has 0 fully saturated rings. The third-order valence-electron chi connectivity index (χ3n) is 2.30. The number of rotatable bonds is 6. The van der Waals surface area contributed by atoms with E-state index in [-0.39, 0.29) is 24.3 Å². The lowest BCUT2D eigenvalue weighted by atomic mass is 10.2. The summed E-state index contributed by atoms with van der Waals surface area (Å²) < 4.78 is 18.8. The molecule has 0 radical (unpaired) electrons. The van der Waals surface area contributed by atoms with E-state index in [1.807, 2.05) is 6.92 Å². The van der Waals surface area contributed by atoms with Gasteiger partial charge in [-0.2, -0.15) is 0 Å². The SMILES string of the molecule is CCC(CNC(=O)CN)Oc1ccccc1F. The van der Waals surface area contributed by atoms with Crippen molar-refractivity contribution >= 4 is 5.91 Å². The van der Waals surface area contributed by atoms with Crippen molar-refractivity contribution in [2.45, 2.75) is 19.4 Å². The van der Waals surface area contributed by atoms with Crippen LogP contribution in [0, 0.1) is 5.82 Å². The van der Waals surface area contributed by atoms with Crippen molar-refractivity contribution in [1.82, 2.24) is 5.32 Å². The first-order valence-corrected chi connectivity index (χ1v) is 5.55. The number of amides is 1. The van der Waals surface area contributed by atoms with Crippen LogP contribution in [0.25, 0.3) is 0 Å². The summed E-state index contributed by atoms with van der Waals surface area (Å²) in [7, 11) is 0. The number of ether oxygens (including phenoxy) is 1. The smallest absolute Gasteiger partial charge is 0.233 e. The Bertz CT molecular complexity index is 371. The fourth-order valence-corrected chi connectivity index (χ4v) is 1.29. The number of carbonyl (C=O) groups excluding carboxylic acids is 1. The molecule has 0 aliphatic carbocycles. The van der Waals surface area contributed by atoms with Gasteiger partial charge in [0.25, 0.3) is 0 Å². The number of benzene rings is 1. The molecule has 1 rings (SSSR count). The maximum atomic E-state index is 13.3. The lowest BCUT2D eigenvalue weighted by Gasteiger charge is -2.18. The van der Waals surface area contributed by atoms with Crippen LogP contribution in [-0.2, 0) is 4.79 Å². The van der Waals surface area contributed by atoms with Gasteiger partial charge in [-0.15, -0.1) is 0 Å². The Hall–Kier alpha value is -1.62. The Morgan fingerprint density at radius 2 is 2.24 bits per heavy atom. The fourth-order valence-electron chi connectivity index (χ4n) is 1.29. The van der Waals surface area contributed by atoms with Gasteiger partial charge in [-0.1, -0.05) is 19.1 Å². The summed E-state index contributed by atoms with van der Waals surface area (Å²) in [5, 5.41) is 2.61. The van der Waals surface area contributed by atoms with Crippen LogP contribution < -0.4 is 15.8 Å². The number of halogens is 1. The number of nitrogens with two attached hydrogens (primary N) is 1. The van der Waals surface area contributed by atoms with Crippen molar-refractivity contribution < 1.29 is 13.9 Å². The number of para-hydroxylation sites is 1. The minimum absolute atomic E-state index is 0.0594. The molecule has 0 aliphatic rings. The molecule has 1 aromatic carbocycles. The average molecular weight is 240 g/mol. The van der Waals surface area contributed by atoms with E-state index in [4.69, 9.17) is 10.5 Å². The summed E-state index contributed by atoms with van der Waals surface area (Å²) in [6.07, 6.45) is 0.404. The van der Waals surface area contributed by atoms with Gasteiger partial charge in [0.2, 0.25) is 5.91 Å². The van der Waals surface area contributed by atoms with E-state index in [1.54, 1.807) is 18.2 Å². The van der Waals surface area contributed by atoms with Crippen LogP contribution in [-0.4, -0.2) is 25.1 Å². The van der Waals surface area contributed by atoms with Gasteiger partial charge in [-0.25, -0.2) is 4.39 Å². The second-order valence-corrected chi connectivity index (χ2v) is 3.59. The Kier molecular flexibility index (Phi) is 5.42. The maximum Gasteiger partial charge on any atom is 0.233 e. The molecule has 3 N–H and O–H groups in total. The van der Waals surface area contributed by atoms with Crippen LogP contribution in [0.3, 0.4) is 0 Å². The Morgan fingerprint density at radius 3 is 2.82 bits per heavy atom. The van der Waals surface area contributed by atoms with E-state index >= 15 is 0 Å². The van der Waals surface area contributed by atoms with Crippen LogP contribution in [0.1, 0.15) is 13.3 Å². The zero-order valence-electron chi connectivity index (χ0n) is 9.78. The minimum atomic E-state index is -0.406. The van der Waals surface area contributed by atoms with Gasteiger partial charge in [-0.05, 0) is 18.6 Å². The lowest BCUT2D eigenvalue weighted by molar-refractivity contribution is -0.120. The molecule has 0 aromatic heterocycles. The topological polar surface area (TPSA) is 64.4 Å². The summed E-state index contributed by atoms with van der Waals surface area (Å²) in [6, 6.07) is 6.19. The van der Waals surface area contributed by atoms with Crippen molar-refractivity contribution in [3.63, 3.8) is 0 Å². The number of hydrogen-bond acceptors (Lipinski definition) is 3. The third kappa shape index (κ3) is 4.40.